The maximum absolute atomic E-state index is 14.5. The molecule has 1 amide bonds. The van der Waals surface area contributed by atoms with Gasteiger partial charge in [-0.3, -0.25) is 4.79 Å². The molecule has 0 radical (unpaired) electrons. The molecule has 6 nitrogen and oxygen atoms in total. The fraction of sp³-hybridized carbons (Fsp3) is 0.176. The van der Waals surface area contributed by atoms with E-state index in [1.807, 2.05) is 0 Å². The molecular formula is C17H13F2N5O. The Bertz CT molecular complexity index is 910. The summed E-state index contributed by atoms with van der Waals surface area (Å²) in [5.74, 6) is -2.58. The van der Waals surface area contributed by atoms with Crippen LogP contribution in [0.25, 0.3) is 0 Å². The molecule has 1 N–H and O–H groups in total. The third-order valence-corrected chi connectivity index (χ3v) is 4.06. The number of nitrogens with zero attached hydrogens (tertiary/aromatic N) is 4. The Labute approximate surface area is 141 Å². The van der Waals surface area contributed by atoms with Crippen LogP contribution in [0.15, 0.2) is 42.9 Å². The molecular weight excluding hydrogens is 328 g/mol. The van der Waals surface area contributed by atoms with Gasteiger partial charge in [0.15, 0.2) is 11.6 Å². The molecule has 1 fully saturated rings. The van der Waals surface area contributed by atoms with Crippen molar-refractivity contribution in [1.29, 1.82) is 0 Å². The highest BCUT2D eigenvalue weighted by Gasteiger charge is 2.32. The van der Waals surface area contributed by atoms with Gasteiger partial charge in [-0.05, 0) is 42.5 Å². The summed E-state index contributed by atoms with van der Waals surface area (Å²) in [6.07, 6.45) is 4.37. The second kappa shape index (κ2) is 6.04. The van der Waals surface area contributed by atoms with E-state index in [2.05, 4.69) is 20.2 Å². The van der Waals surface area contributed by atoms with Gasteiger partial charge in [0.25, 0.3) is 5.91 Å². The van der Waals surface area contributed by atoms with Gasteiger partial charge in [0.2, 0.25) is 5.95 Å². The molecule has 25 heavy (non-hydrogen) atoms. The fourth-order valence-corrected chi connectivity index (χ4v) is 2.66. The standard InChI is InChI=1S/C17H13F2N5O/c18-14-11(10-4-5-10)6-7-12(15(14)19)16(25)24(17-21-9-22-23-17)13-3-1-2-8-20-13/h1-3,6-10H,4-5H2,(H,21,22,23). The lowest BCUT2D eigenvalue weighted by Crippen LogP contribution is -2.29. The molecule has 0 spiro atoms. The number of benzene rings is 1. The van der Waals surface area contributed by atoms with E-state index in [9.17, 15) is 13.6 Å². The summed E-state index contributed by atoms with van der Waals surface area (Å²) in [6, 6.07) is 7.69. The second-order valence-electron chi connectivity index (χ2n) is 5.74. The number of aromatic amines is 1. The lowest BCUT2D eigenvalue weighted by molar-refractivity contribution is 0.0992. The number of hydrogen-bond donors (Lipinski definition) is 1. The number of anilines is 2. The molecule has 1 aliphatic carbocycles. The van der Waals surface area contributed by atoms with E-state index < -0.39 is 17.5 Å². The van der Waals surface area contributed by atoms with Crippen LogP contribution >= 0.6 is 0 Å². The molecule has 0 unspecified atom stereocenters. The van der Waals surface area contributed by atoms with Gasteiger partial charge in [-0.2, -0.15) is 10.1 Å². The Kier molecular flexibility index (Phi) is 3.72. The normalized spacial score (nSPS) is 13.7. The zero-order valence-electron chi connectivity index (χ0n) is 13.0. The number of pyridine rings is 1. The molecule has 126 valence electrons. The van der Waals surface area contributed by atoms with E-state index >= 15 is 0 Å². The smallest absolute Gasteiger partial charge is 0.268 e. The average Bonchev–Trinajstić information content (AvgIpc) is 3.33. The number of carbonyl (C=O) groups excluding carboxylic acids is 1. The largest absolute Gasteiger partial charge is 0.269 e. The summed E-state index contributed by atoms with van der Waals surface area (Å²) in [6.45, 7) is 0. The summed E-state index contributed by atoms with van der Waals surface area (Å²) in [7, 11) is 0. The number of halogens is 2. The van der Waals surface area contributed by atoms with Crippen LogP contribution in [0.2, 0.25) is 0 Å². The number of rotatable bonds is 4. The first kappa shape index (κ1) is 15.4. The molecule has 0 saturated heterocycles. The zero-order chi connectivity index (χ0) is 17.4. The number of carbonyl (C=O) groups is 1. The first-order valence-corrected chi connectivity index (χ1v) is 7.75. The average molecular weight is 341 g/mol. The highest BCUT2D eigenvalue weighted by Crippen LogP contribution is 2.42. The van der Waals surface area contributed by atoms with Crippen molar-refractivity contribution in [3.8, 4) is 0 Å². The summed E-state index contributed by atoms with van der Waals surface area (Å²) in [5, 5.41) is 6.25. The van der Waals surface area contributed by atoms with Gasteiger partial charge >= 0.3 is 0 Å². The Morgan fingerprint density at radius 3 is 2.60 bits per heavy atom. The molecule has 0 aliphatic heterocycles. The van der Waals surface area contributed by atoms with Gasteiger partial charge in [0.05, 0.1) is 5.56 Å². The minimum atomic E-state index is -1.16. The number of nitrogens with one attached hydrogen (secondary N) is 1. The fourth-order valence-electron chi connectivity index (χ4n) is 2.66. The lowest BCUT2D eigenvalue weighted by Gasteiger charge is -2.19. The van der Waals surface area contributed by atoms with Crippen LogP contribution in [-0.2, 0) is 0 Å². The van der Waals surface area contributed by atoms with Gasteiger partial charge in [-0.15, -0.1) is 0 Å². The topological polar surface area (TPSA) is 74.8 Å². The number of hydrogen-bond acceptors (Lipinski definition) is 4. The Morgan fingerprint density at radius 2 is 1.96 bits per heavy atom. The van der Waals surface area contributed by atoms with Crippen molar-refractivity contribution < 1.29 is 13.6 Å². The number of H-pyrrole nitrogens is 1. The van der Waals surface area contributed by atoms with Crippen molar-refractivity contribution >= 4 is 17.7 Å². The maximum Gasteiger partial charge on any atom is 0.269 e. The Morgan fingerprint density at radius 1 is 1.12 bits per heavy atom. The molecule has 2 heterocycles. The van der Waals surface area contributed by atoms with E-state index in [1.165, 1.54) is 24.7 Å². The minimum Gasteiger partial charge on any atom is -0.268 e. The summed E-state index contributed by atoms with van der Waals surface area (Å²) >= 11 is 0. The summed E-state index contributed by atoms with van der Waals surface area (Å²) < 4.78 is 28.9. The lowest BCUT2D eigenvalue weighted by atomic mass is 10.1. The Hall–Kier alpha value is -3.16. The first-order valence-electron chi connectivity index (χ1n) is 7.75. The third kappa shape index (κ3) is 2.75. The van der Waals surface area contributed by atoms with Crippen LogP contribution in [-0.4, -0.2) is 26.1 Å². The zero-order valence-corrected chi connectivity index (χ0v) is 13.0. The number of amides is 1. The maximum atomic E-state index is 14.5. The highest BCUT2D eigenvalue weighted by atomic mass is 19.2. The highest BCUT2D eigenvalue weighted by molar-refractivity contribution is 6.09. The predicted octanol–water partition coefficient (Wildman–Crippen LogP) is 3.33. The van der Waals surface area contributed by atoms with Crippen molar-refractivity contribution in [2.24, 2.45) is 0 Å². The van der Waals surface area contributed by atoms with Crippen molar-refractivity contribution in [3.05, 3.63) is 65.6 Å². The van der Waals surface area contributed by atoms with Crippen LogP contribution in [0.4, 0.5) is 20.5 Å². The van der Waals surface area contributed by atoms with E-state index in [1.54, 1.807) is 18.2 Å². The van der Waals surface area contributed by atoms with Gasteiger partial charge in [-0.25, -0.2) is 23.8 Å². The van der Waals surface area contributed by atoms with Crippen LogP contribution in [0, 0.1) is 11.6 Å². The van der Waals surface area contributed by atoms with Gasteiger partial charge in [-0.1, -0.05) is 12.1 Å². The SMILES string of the molecule is O=C(c1ccc(C2CC2)c(F)c1F)N(c1ccccn1)c1ncn[nH]1. The molecule has 4 rings (SSSR count). The monoisotopic (exact) mass is 341 g/mol. The van der Waals surface area contributed by atoms with E-state index in [4.69, 9.17) is 0 Å². The molecule has 2 aromatic heterocycles. The summed E-state index contributed by atoms with van der Waals surface area (Å²) in [4.78, 5) is 22.0. The van der Waals surface area contributed by atoms with Crippen molar-refractivity contribution in [3.63, 3.8) is 0 Å². The molecule has 8 heteroatoms. The van der Waals surface area contributed by atoms with Crippen molar-refractivity contribution in [2.75, 3.05) is 4.90 Å². The van der Waals surface area contributed by atoms with E-state index in [-0.39, 0.29) is 23.2 Å². The predicted molar refractivity (Wildman–Crippen MR) is 85.4 cm³/mol. The molecule has 1 aromatic carbocycles. The quantitative estimate of drug-likeness (QED) is 0.790. The first-order chi connectivity index (χ1) is 12.2. The molecule has 3 aromatic rings. The molecule has 1 saturated carbocycles. The van der Waals surface area contributed by atoms with Gasteiger partial charge in [0.1, 0.15) is 12.1 Å². The minimum absolute atomic E-state index is 0.0415. The van der Waals surface area contributed by atoms with E-state index in [0.717, 1.165) is 17.7 Å². The van der Waals surface area contributed by atoms with Crippen LogP contribution < -0.4 is 4.90 Å². The second-order valence-corrected chi connectivity index (χ2v) is 5.74. The van der Waals surface area contributed by atoms with Crippen LogP contribution in [0.5, 0.6) is 0 Å². The van der Waals surface area contributed by atoms with Gasteiger partial charge in [0, 0.05) is 6.20 Å². The van der Waals surface area contributed by atoms with Crippen molar-refractivity contribution in [1.82, 2.24) is 20.2 Å². The number of aromatic nitrogens is 4. The Balaban J connectivity index is 1.78. The van der Waals surface area contributed by atoms with Gasteiger partial charge < -0.3 is 0 Å². The molecule has 1 aliphatic rings. The van der Waals surface area contributed by atoms with Crippen LogP contribution in [0.3, 0.4) is 0 Å². The van der Waals surface area contributed by atoms with Crippen molar-refractivity contribution in [2.45, 2.75) is 18.8 Å². The summed E-state index contributed by atoms with van der Waals surface area (Å²) in [5.41, 5.74) is -0.0675. The molecule has 0 bridgehead atoms. The third-order valence-electron chi connectivity index (χ3n) is 4.06. The van der Waals surface area contributed by atoms with Crippen LogP contribution in [0.1, 0.15) is 34.7 Å². The van der Waals surface area contributed by atoms with E-state index in [0.29, 0.717) is 5.56 Å². The molecule has 0 atom stereocenters.